The molecule has 102 valence electrons. The zero-order valence-electron chi connectivity index (χ0n) is 10.8. The molecule has 1 saturated heterocycles. The summed E-state index contributed by atoms with van der Waals surface area (Å²) < 4.78 is 24.1. The van der Waals surface area contributed by atoms with E-state index in [0.29, 0.717) is 5.75 Å². The van der Waals surface area contributed by atoms with Gasteiger partial charge in [-0.25, -0.2) is 8.42 Å². The van der Waals surface area contributed by atoms with Crippen LogP contribution in [0.3, 0.4) is 0 Å². The van der Waals surface area contributed by atoms with Crippen molar-refractivity contribution < 1.29 is 8.42 Å². The molecule has 1 aliphatic rings. The van der Waals surface area contributed by atoms with Crippen molar-refractivity contribution in [3.63, 3.8) is 0 Å². The van der Waals surface area contributed by atoms with Crippen LogP contribution in [0, 0.1) is 5.41 Å². The van der Waals surface area contributed by atoms with Crippen LogP contribution in [0.25, 0.3) is 0 Å². The fourth-order valence-electron chi connectivity index (χ4n) is 1.91. The van der Waals surface area contributed by atoms with E-state index in [1.165, 1.54) is 0 Å². The maximum absolute atomic E-state index is 12.1. The number of rotatable bonds is 5. The molecule has 1 aliphatic heterocycles. The molecule has 3 nitrogen and oxygen atoms in total. The highest BCUT2D eigenvalue weighted by atomic mass is 79.9. The van der Waals surface area contributed by atoms with Crippen molar-refractivity contribution in [1.29, 1.82) is 0 Å². The molecule has 0 bridgehead atoms. The van der Waals surface area contributed by atoms with Gasteiger partial charge in [0.15, 0.2) is 9.84 Å². The third-order valence-corrected chi connectivity index (χ3v) is 7.85. The Morgan fingerprint density at radius 1 is 1.47 bits per heavy atom. The Bertz CT molecular complexity index is 343. The van der Waals surface area contributed by atoms with Gasteiger partial charge in [0.05, 0.1) is 0 Å². The average molecular weight is 344 g/mol. The van der Waals surface area contributed by atoms with Crippen molar-refractivity contribution in [1.82, 2.24) is 4.90 Å². The van der Waals surface area contributed by atoms with Crippen molar-refractivity contribution >= 4 is 37.5 Å². The zero-order valence-corrected chi connectivity index (χ0v) is 14.0. The van der Waals surface area contributed by atoms with Crippen LogP contribution in [0.15, 0.2) is 0 Å². The summed E-state index contributed by atoms with van der Waals surface area (Å²) in [7, 11) is -2.96. The Morgan fingerprint density at radius 3 is 2.65 bits per heavy atom. The zero-order chi connectivity index (χ0) is 13.1. The molecule has 0 amide bonds. The summed E-state index contributed by atoms with van der Waals surface area (Å²) in [6.07, 6.45) is 0. The van der Waals surface area contributed by atoms with E-state index in [2.05, 4.69) is 34.7 Å². The van der Waals surface area contributed by atoms with Crippen molar-refractivity contribution in [2.75, 3.05) is 35.7 Å². The van der Waals surface area contributed by atoms with E-state index >= 15 is 0 Å². The summed E-state index contributed by atoms with van der Waals surface area (Å²) in [4.78, 5) is 2.15. The van der Waals surface area contributed by atoms with Crippen LogP contribution in [0.1, 0.15) is 20.8 Å². The first-order chi connectivity index (χ1) is 7.82. The van der Waals surface area contributed by atoms with Gasteiger partial charge in [0.25, 0.3) is 0 Å². The molecular formula is C11H22BrNO2S2. The number of nitrogens with zero attached hydrogens (tertiary/aromatic N) is 1. The number of hydrogen-bond acceptors (Lipinski definition) is 4. The molecule has 0 spiro atoms. The van der Waals surface area contributed by atoms with E-state index in [1.807, 2.05) is 0 Å². The largest absolute Gasteiger partial charge is 0.285 e. The molecule has 0 saturated carbocycles. The van der Waals surface area contributed by atoms with Gasteiger partial charge in [-0.3, -0.25) is 4.90 Å². The molecule has 1 unspecified atom stereocenters. The summed E-state index contributed by atoms with van der Waals surface area (Å²) in [5, 5.41) is 0.604. The Labute approximate surface area is 118 Å². The van der Waals surface area contributed by atoms with Gasteiger partial charge in [-0.2, -0.15) is 11.8 Å². The predicted molar refractivity (Wildman–Crippen MR) is 79.7 cm³/mol. The Balaban J connectivity index is 2.80. The van der Waals surface area contributed by atoms with Crippen LogP contribution in [0.2, 0.25) is 0 Å². The minimum atomic E-state index is -2.96. The number of thioether (sulfide) groups is 1. The normalized spacial score (nSPS) is 23.9. The second kappa shape index (κ2) is 6.26. The average Bonchev–Trinajstić information content (AvgIpc) is 2.29. The second-order valence-corrected chi connectivity index (χ2v) is 9.41. The van der Waals surface area contributed by atoms with Gasteiger partial charge in [0.1, 0.15) is 5.37 Å². The third-order valence-electron chi connectivity index (χ3n) is 3.00. The highest BCUT2D eigenvalue weighted by molar-refractivity contribution is 9.09. The number of alkyl halides is 1. The summed E-state index contributed by atoms with van der Waals surface area (Å²) in [5.41, 5.74) is 0.115. The highest BCUT2D eigenvalue weighted by Gasteiger charge is 2.35. The molecule has 0 aromatic heterocycles. The molecule has 0 aromatic rings. The summed E-state index contributed by atoms with van der Waals surface area (Å²) in [6.45, 7) is 7.79. The predicted octanol–water partition coefficient (Wildman–Crippen LogP) is 2.22. The Hall–Kier alpha value is 0.740. The smallest absolute Gasteiger partial charge is 0.166 e. The molecule has 0 radical (unpaired) electrons. The summed E-state index contributed by atoms with van der Waals surface area (Å²) in [6, 6.07) is 0. The molecule has 0 aliphatic carbocycles. The first-order valence-electron chi connectivity index (χ1n) is 5.92. The molecule has 0 aromatic carbocycles. The van der Waals surface area contributed by atoms with Crippen molar-refractivity contribution in [3.05, 3.63) is 0 Å². The lowest BCUT2D eigenvalue weighted by Gasteiger charge is -2.39. The number of hydrogen-bond donors (Lipinski definition) is 0. The SMILES string of the molecule is CCS(=O)(=O)C1CSCCN1CC(C)(C)CBr. The minimum Gasteiger partial charge on any atom is -0.285 e. The molecule has 1 rings (SSSR count). The van der Waals surface area contributed by atoms with Crippen molar-refractivity contribution in [2.24, 2.45) is 5.41 Å². The third kappa shape index (κ3) is 4.40. The number of halogens is 1. The first-order valence-corrected chi connectivity index (χ1v) is 9.91. The van der Waals surface area contributed by atoms with Gasteiger partial charge >= 0.3 is 0 Å². The lowest BCUT2D eigenvalue weighted by atomic mass is 9.96. The molecule has 6 heteroatoms. The lowest BCUT2D eigenvalue weighted by molar-refractivity contribution is 0.192. The topological polar surface area (TPSA) is 37.4 Å². The second-order valence-electron chi connectivity index (χ2n) is 5.25. The molecular weight excluding hydrogens is 322 g/mol. The van der Waals surface area contributed by atoms with Crippen molar-refractivity contribution in [3.8, 4) is 0 Å². The van der Waals surface area contributed by atoms with Gasteiger partial charge in [0, 0.05) is 35.7 Å². The standard InChI is InChI=1S/C11H22BrNO2S2/c1-4-17(14,15)10-7-16-6-5-13(10)9-11(2,3)8-12/h10H,4-9H2,1-3H3. The maximum Gasteiger partial charge on any atom is 0.166 e. The van der Waals surface area contributed by atoms with Gasteiger partial charge in [-0.1, -0.05) is 36.7 Å². The van der Waals surface area contributed by atoms with Gasteiger partial charge < -0.3 is 0 Å². The van der Waals surface area contributed by atoms with Crippen LogP contribution >= 0.6 is 27.7 Å². The summed E-state index contributed by atoms with van der Waals surface area (Å²) in [5.74, 6) is 1.99. The Kier molecular flexibility index (Phi) is 5.82. The highest BCUT2D eigenvalue weighted by Crippen LogP contribution is 2.27. The minimum absolute atomic E-state index is 0.115. The van der Waals surface area contributed by atoms with E-state index in [0.717, 1.165) is 24.2 Å². The van der Waals surface area contributed by atoms with Crippen molar-refractivity contribution in [2.45, 2.75) is 26.1 Å². The fraction of sp³-hybridized carbons (Fsp3) is 1.00. The molecule has 1 fully saturated rings. The molecule has 17 heavy (non-hydrogen) atoms. The van der Waals surface area contributed by atoms with Crippen LogP contribution in [0.5, 0.6) is 0 Å². The van der Waals surface area contributed by atoms with E-state index in [9.17, 15) is 8.42 Å². The van der Waals surface area contributed by atoms with E-state index in [-0.39, 0.29) is 16.5 Å². The Morgan fingerprint density at radius 2 is 2.12 bits per heavy atom. The molecule has 0 N–H and O–H groups in total. The quantitative estimate of drug-likeness (QED) is 0.717. The molecule has 1 atom stereocenters. The van der Waals surface area contributed by atoms with Gasteiger partial charge in [0.2, 0.25) is 0 Å². The lowest BCUT2D eigenvalue weighted by Crippen LogP contribution is -2.51. The van der Waals surface area contributed by atoms with Gasteiger partial charge in [-0.05, 0) is 5.41 Å². The summed E-state index contributed by atoms with van der Waals surface area (Å²) >= 11 is 5.25. The van der Waals surface area contributed by atoms with Crippen LogP contribution < -0.4 is 0 Å². The monoisotopic (exact) mass is 343 g/mol. The maximum atomic E-state index is 12.1. The number of sulfone groups is 1. The van der Waals surface area contributed by atoms with E-state index < -0.39 is 9.84 Å². The first kappa shape index (κ1) is 15.8. The van der Waals surface area contributed by atoms with Gasteiger partial charge in [-0.15, -0.1) is 0 Å². The van der Waals surface area contributed by atoms with Crippen LogP contribution in [-0.2, 0) is 9.84 Å². The van der Waals surface area contributed by atoms with Crippen LogP contribution in [0.4, 0.5) is 0 Å². The van der Waals surface area contributed by atoms with Crippen LogP contribution in [-0.4, -0.2) is 54.4 Å². The van der Waals surface area contributed by atoms with E-state index in [4.69, 9.17) is 0 Å². The van der Waals surface area contributed by atoms with E-state index in [1.54, 1.807) is 18.7 Å². The fourth-order valence-corrected chi connectivity index (χ4v) is 5.17. The molecule has 1 heterocycles.